The number of hydrogen-bond acceptors (Lipinski definition) is 2. The SMILES string of the molecule is CCc1nccn1C(c1ccc(F)cc1)C(N)CC. The van der Waals surface area contributed by atoms with Crippen molar-refractivity contribution in [3.63, 3.8) is 0 Å². The average Bonchev–Trinajstić information content (AvgIpc) is 2.89. The Hall–Kier alpha value is -1.68. The summed E-state index contributed by atoms with van der Waals surface area (Å²) in [5, 5.41) is 0. The van der Waals surface area contributed by atoms with Crippen LogP contribution < -0.4 is 5.73 Å². The second-order valence-electron chi connectivity index (χ2n) is 4.67. The smallest absolute Gasteiger partial charge is 0.123 e. The van der Waals surface area contributed by atoms with E-state index >= 15 is 0 Å². The van der Waals surface area contributed by atoms with Gasteiger partial charge in [0.2, 0.25) is 0 Å². The van der Waals surface area contributed by atoms with E-state index in [0.717, 1.165) is 24.2 Å². The number of benzene rings is 1. The molecule has 2 aromatic rings. The van der Waals surface area contributed by atoms with Crippen LogP contribution in [0.5, 0.6) is 0 Å². The molecule has 3 nitrogen and oxygen atoms in total. The van der Waals surface area contributed by atoms with E-state index in [1.54, 1.807) is 18.3 Å². The van der Waals surface area contributed by atoms with Crippen LogP contribution in [0, 0.1) is 5.82 Å². The Kier molecular flexibility index (Phi) is 4.32. The molecule has 19 heavy (non-hydrogen) atoms. The van der Waals surface area contributed by atoms with Gasteiger partial charge in [-0.2, -0.15) is 0 Å². The van der Waals surface area contributed by atoms with Crippen molar-refractivity contribution in [2.75, 3.05) is 0 Å². The molecule has 0 saturated heterocycles. The Balaban J connectivity index is 2.44. The lowest BCUT2D eigenvalue weighted by Gasteiger charge is -2.26. The van der Waals surface area contributed by atoms with Crippen LogP contribution in [0.2, 0.25) is 0 Å². The van der Waals surface area contributed by atoms with Crippen molar-refractivity contribution in [1.29, 1.82) is 0 Å². The molecule has 102 valence electrons. The molecule has 1 heterocycles. The van der Waals surface area contributed by atoms with Crippen LogP contribution in [0.3, 0.4) is 0 Å². The number of aromatic nitrogens is 2. The van der Waals surface area contributed by atoms with E-state index < -0.39 is 0 Å². The number of rotatable bonds is 5. The Bertz CT molecular complexity index is 518. The van der Waals surface area contributed by atoms with Crippen molar-refractivity contribution in [2.45, 2.75) is 38.8 Å². The van der Waals surface area contributed by atoms with Gasteiger partial charge in [-0.05, 0) is 24.1 Å². The van der Waals surface area contributed by atoms with Gasteiger partial charge in [0, 0.05) is 24.9 Å². The third-order valence-electron chi connectivity index (χ3n) is 3.45. The molecule has 0 spiro atoms. The highest BCUT2D eigenvalue weighted by molar-refractivity contribution is 5.23. The highest BCUT2D eigenvalue weighted by Gasteiger charge is 2.22. The molecule has 2 atom stereocenters. The number of imidazole rings is 1. The minimum Gasteiger partial charge on any atom is -0.326 e. The zero-order valence-corrected chi connectivity index (χ0v) is 11.4. The monoisotopic (exact) mass is 261 g/mol. The topological polar surface area (TPSA) is 43.8 Å². The fraction of sp³-hybridized carbons (Fsp3) is 0.400. The Morgan fingerprint density at radius 2 is 1.95 bits per heavy atom. The second-order valence-corrected chi connectivity index (χ2v) is 4.67. The molecule has 0 amide bonds. The van der Waals surface area contributed by atoms with E-state index in [2.05, 4.69) is 23.4 Å². The number of halogens is 1. The van der Waals surface area contributed by atoms with E-state index in [-0.39, 0.29) is 17.9 Å². The van der Waals surface area contributed by atoms with E-state index in [4.69, 9.17) is 5.73 Å². The van der Waals surface area contributed by atoms with Crippen LogP contribution in [0.25, 0.3) is 0 Å². The zero-order chi connectivity index (χ0) is 13.8. The summed E-state index contributed by atoms with van der Waals surface area (Å²) in [5.41, 5.74) is 7.28. The maximum atomic E-state index is 13.1. The third-order valence-corrected chi connectivity index (χ3v) is 3.45. The Labute approximate surface area is 113 Å². The molecule has 0 saturated carbocycles. The Morgan fingerprint density at radius 3 is 2.53 bits per heavy atom. The first-order valence-electron chi connectivity index (χ1n) is 6.70. The average molecular weight is 261 g/mol. The minimum absolute atomic E-state index is 0.00282. The first kappa shape index (κ1) is 13.7. The van der Waals surface area contributed by atoms with E-state index in [1.807, 2.05) is 6.20 Å². The van der Waals surface area contributed by atoms with Gasteiger partial charge in [0.15, 0.2) is 0 Å². The van der Waals surface area contributed by atoms with Crippen molar-refractivity contribution in [1.82, 2.24) is 9.55 Å². The quantitative estimate of drug-likeness (QED) is 0.899. The molecule has 2 rings (SSSR count). The van der Waals surface area contributed by atoms with Gasteiger partial charge in [-0.15, -0.1) is 0 Å². The largest absolute Gasteiger partial charge is 0.326 e. The van der Waals surface area contributed by atoms with Gasteiger partial charge in [0.05, 0.1) is 6.04 Å². The Morgan fingerprint density at radius 1 is 1.26 bits per heavy atom. The van der Waals surface area contributed by atoms with E-state index in [0.29, 0.717) is 0 Å². The fourth-order valence-electron chi connectivity index (χ4n) is 2.37. The molecule has 0 aliphatic rings. The summed E-state index contributed by atoms with van der Waals surface area (Å²) >= 11 is 0. The molecular formula is C15H20FN3. The maximum absolute atomic E-state index is 13.1. The molecule has 4 heteroatoms. The molecular weight excluding hydrogens is 241 g/mol. The highest BCUT2D eigenvalue weighted by atomic mass is 19.1. The van der Waals surface area contributed by atoms with Gasteiger partial charge in [0.25, 0.3) is 0 Å². The third kappa shape index (κ3) is 2.84. The van der Waals surface area contributed by atoms with Crippen molar-refractivity contribution in [3.8, 4) is 0 Å². The molecule has 0 fully saturated rings. The lowest BCUT2D eigenvalue weighted by Crippen LogP contribution is -2.33. The van der Waals surface area contributed by atoms with E-state index in [1.165, 1.54) is 12.1 Å². The molecule has 1 aromatic carbocycles. The normalized spacial score (nSPS) is 14.3. The zero-order valence-electron chi connectivity index (χ0n) is 11.4. The van der Waals surface area contributed by atoms with Crippen LogP contribution in [-0.2, 0) is 6.42 Å². The van der Waals surface area contributed by atoms with E-state index in [9.17, 15) is 4.39 Å². The van der Waals surface area contributed by atoms with Crippen LogP contribution in [0.1, 0.15) is 37.7 Å². The van der Waals surface area contributed by atoms with Crippen LogP contribution in [-0.4, -0.2) is 15.6 Å². The summed E-state index contributed by atoms with van der Waals surface area (Å²) in [6.07, 6.45) is 5.44. The number of aryl methyl sites for hydroxylation is 1. The molecule has 1 aromatic heterocycles. The van der Waals surface area contributed by atoms with Gasteiger partial charge in [0.1, 0.15) is 11.6 Å². The maximum Gasteiger partial charge on any atom is 0.123 e. The first-order chi connectivity index (χ1) is 9.17. The highest BCUT2D eigenvalue weighted by Crippen LogP contribution is 2.24. The lowest BCUT2D eigenvalue weighted by molar-refractivity contribution is 0.446. The van der Waals surface area contributed by atoms with Crippen molar-refractivity contribution in [2.24, 2.45) is 5.73 Å². The minimum atomic E-state index is -0.228. The summed E-state index contributed by atoms with van der Waals surface area (Å²) in [6.45, 7) is 4.13. The van der Waals surface area contributed by atoms with Crippen molar-refractivity contribution < 1.29 is 4.39 Å². The molecule has 0 aliphatic heterocycles. The standard InChI is InChI=1S/C15H20FN3/c1-3-13(17)15(11-5-7-12(16)8-6-11)19-10-9-18-14(19)4-2/h5-10,13,15H,3-4,17H2,1-2H3. The predicted molar refractivity (Wildman–Crippen MR) is 74.4 cm³/mol. The van der Waals surface area contributed by atoms with Gasteiger partial charge in [-0.25, -0.2) is 9.37 Å². The summed E-state index contributed by atoms with van der Waals surface area (Å²) in [6, 6.07) is 6.54. The molecule has 2 unspecified atom stereocenters. The van der Waals surface area contributed by atoms with Gasteiger partial charge in [-0.1, -0.05) is 26.0 Å². The molecule has 0 aliphatic carbocycles. The van der Waals surface area contributed by atoms with Gasteiger partial charge < -0.3 is 10.3 Å². The van der Waals surface area contributed by atoms with Crippen LogP contribution in [0.4, 0.5) is 4.39 Å². The second kappa shape index (κ2) is 5.97. The van der Waals surface area contributed by atoms with Crippen molar-refractivity contribution >= 4 is 0 Å². The number of nitrogens with zero attached hydrogens (tertiary/aromatic N) is 2. The predicted octanol–water partition coefficient (Wildman–Crippen LogP) is 2.91. The summed E-state index contributed by atoms with van der Waals surface area (Å²) in [7, 11) is 0. The van der Waals surface area contributed by atoms with Gasteiger partial charge >= 0.3 is 0 Å². The summed E-state index contributed by atoms with van der Waals surface area (Å²) in [5.74, 6) is 0.771. The van der Waals surface area contributed by atoms with Crippen molar-refractivity contribution in [3.05, 3.63) is 53.9 Å². The van der Waals surface area contributed by atoms with Gasteiger partial charge in [-0.3, -0.25) is 0 Å². The summed E-state index contributed by atoms with van der Waals surface area (Å²) < 4.78 is 15.2. The van der Waals surface area contributed by atoms with Crippen LogP contribution in [0.15, 0.2) is 36.7 Å². The lowest BCUT2D eigenvalue weighted by atomic mass is 9.97. The molecule has 0 bridgehead atoms. The fourth-order valence-corrected chi connectivity index (χ4v) is 2.37. The number of nitrogens with two attached hydrogens (primary N) is 1. The van der Waals surface area contributed by atoms with Crippen LogP contribution >= 0.6 is 0 Å². The first-order valence-corrected chi connectivity index (χ1v) is 6.70. The molecule has 0 radical (unpaired) electrons. The summed E-state index contributed by atoms with van der Waals surface area (Å²) in [4.78, 5) is 4.35. The molecule has 2 N–H and O–H groups in total. The number of hydrogen-bond donors (Lipinski definition) is 1.